The van der Waals surface area contributed by atoms with Crippen molar-refractivity contribution in [1.82, 2.24) is 10.1 Å². The molecule has 0 radical (unpaired) electrons. The van der Waals surface area contributed by atoms with Gasteiger partial charge in [0.05, 0.1) is 11.6 Å². The molecule has 0 bridgehead atoms. The summed E-state index contributed by atoms with van der Waals surface area (Å²) in [6.07, 6.45) is 2.94. The van der Waals surface area contributed by atoms with Crippen molar-refractivity contribution in [2.75, 3.05) is 6.54 Å². The lowest BCUT2D eigenvalue weighted by Crippen LogP contribution is -2.39. The Morgan fingerprint density at radius 1 is 1.17 bits per heavy atom. The maximum absolute atomic E-state index is 13.9. The third-order valence-corrected chi connectivity index (χ3v) is 5.34. The van der Waals surface area contributed by atoms with Crippen molar-refractivity contribution in [2.24, 2.45) is 0 Å². The number of carbonyl (C=O) groups is 1. The maximum atomic E-state index is 13.9. The highest BCUT2D eigenvalue weighted by Gasteiger charge is 2.32. The average molecular weight is 394 g/mol. The lowest BCUT2D eigenvalue weighted by molar-refractivity contribution is 0.0598. The van der Waals surface area contributed by atoms with Gasteiger partial charge in [-0.05, 0) is 43.9 Å². The number of aromatic nitrogens is 1. The van der Waals surface area contributed by atoms with Crippen LogP contribution in [0.1, 0.15) is 52.7 Å². The molecular formula is C23H23FN2O3. The zero-order valence-corrected chi connectivity index (χ0v) is 16.3. The minimum absolute atomic E-state index is 0.00907. The molecule has 0 spiro atoms. The molecule has 1 fully saturated rings. The number of para-hydroxylation sites is 1. The Kier molecular flexibility index (Phi) is 5.60. The zero-order valence-electron chi connectivity index (χ0n) is 16.3. The van der Waals surface area contributed by atoms with Crippen molar-refractivity contribution in [2.45, 2.75) is 38.8 Å². The van der Waals surface area contributed by atoms with Gasteiger partial charge in [0.2, 0.25) is 0 Å². The minimum atomic E-state index is -0.449. The second-order valence-electron chi connectivity index (χ2n) is 7.21. The molecule has 1 unspecified atom stereocenters. The molecule has 0 aliphatic carbocycles. The largest absolute Gasteiger partial charge is 0.486 e. The van der Waals surface area contributed by atoms with Gasteiger partial charge in [-0.3, -0.25) is 4.79 Å². The Bertz CT molecular complexity index is 987. The van der Waals surface area contributed by atoms with Crippen molar-refractivity contribution in [3.05, 3.63) is 83.0 Å². The standard InChI is InChI=1S/C23H23FN2O3/c1-16-18(15-28-21-13-6-5-11-19(21)24)22(25-29-16)23(27)26-14-8-7-12-20(26)17-9-3-2-4-10-17/h2-6,9-11,13,20H,7-8,12,14-15H2,1H3. The van der Waals surface area contributed by atoms with Gasteiger partial charge in [0.1, 0.15) is 12.4 Å². The van der Waals surface area contributed by atoms with Crippen molar-refractivity contribution in [3.63, 3.8) is 0 Å². The molecule has 5 nitrogen and oxygen atoms in total. The van der Waals surface area contributed by atoms with E-state index >= 15 is 0 Å². The number of ether oxygens (including phenoxy) is 1. The Hall–Kier alpha value is -3.15. The van der Waals surface area contributed by atoms with Gasteiger partial charge in [-0.25, -0.2) is 4.39 Å². The maximum Gasteiger partial charge on any atom is 0.276 e. The van der Waals surface area contributed by atoms with Gasteiger partial charge in [0.15, 0.2) is 17.3 Å². The SMILES string of the molecule is Cc1onc(C(=O)N2CCCCC2c2ccccc2)c1COc1ccccc1F. The van der Waals surface area contributed by atoms with Crippen LogP contribution in [0.3, 0.4) is 0 Å². The first-order chi connectivity index (χ1) is 14.1. The van der Waals surface area contributed by atoms with Crippen molar-refractivity contribution < 1.29 is 18.4 Å². The first-order valence-corrected chi connectivity index (χ1v) is 9.83. The predicted octanol–water partition coefficient (Wildman–Crippen LogP) is 5.07. The second kappa shape index (κ2) is 8.47. The summed E-state index contributed by atoms with van der Waals surface area (Å²) in [6, 6.07) is 16.2. The topological polar surface area (TPSA) is 55.6 Å². The molecule has 2 aromatic carbocycles. The number of hydrogen-bond donors (Lipinski definition) is 0. The molecule has 1 aliphatic rings. The molecular weight excluding hydrogens is 371 g/mol. The molecule has 3 aromatic rings. The summed E-state index contributed by atoms with van der Waals surface area (Å²) in [6.45, 7) is 2.41. The first kappa shape index (κ1) is 19.2. The molecule has 6 heteroatoms. The van der Waals surface area contributed by atoms with Crippen LogP contribution in [0.2, 0.25) is 0 Å². The summed E-state index contributed by atoms with van der Waals surface area (Å²) in [5.41, 5.74) is 1.90. The van der Waals surface area contributed by atoms with Gasteiger partial charge in [0, 0.05) is 6.54 Å². The van der Waals surface area contributed by atoms with E-state index in [0.29, 0.717) is 17.9 Å². The monoisotopic (exact) mass is 394 g/mol. The molecule has 29 heavy (non-hydrogen) atoms. The van der Waals surface area contributed by atoms with Gasteiger partial charge in [-0.15, -0.1) is 0 Å². The van der Waals surface area contributed by atoms with E-state index in [1.54, 1.807) is 25.1 Å². The normalized spacial score (nSPS) is 16.6. The lowest BCUT2D eigenvalue weighted by atomic mass is 9.94. The number of likely N-dealkylation sites (tertiary alicyclic amines) is 1. The molecule has 2 heterocycles. The van der Waals surface area contributed by atoms with Crippen LogP contribution in [-0.2, 0) is 6.61 Å². The van der Waals surface area contributed by atoms with Gasteiger partial charge in [-0.2, -0.15) is 0 Å². The first-order valence-electron chi connectivity index (χ1n) is 9.83. The van der Waals surface area contributed by atoms with Crippen LogP contribution in [0, 0.1) is 12.7 Å². The fraction of sp³-hybridized carbons (Fsp3) is 0.304. The third kappa shape index (κ3) is 4.01. The third-order valence-electron chi connectivity index (χ3n) is 5.34. The van der Waals surface area contributed by atoms with Crippen LogP contribution in [-0.4, -0.2) is 22.5 Å². The highest BCUT2D eigenvalue weighted by Crippen LogP contribution is 2.33. The van der Waals surface area contributed by atoms with Crippen LogP contribution in [0.25, 0.3) is 0 Å². The fourth-order valence-corrected chi connectivity index (χ4v) is 3.77. The Morgan fingerprint density at radius 3 is 2.72 bits per heavy atom. The van der Waals surface area contributed by atoms with Crippen molar-refractivity contribution in [3.8, 4) is 5.75 Å². The number of nitrogens with zero attached hydrogens (tertiary/aromatic N) is 2. The van der Waals surface area contributed by atoms with Crippen LogP contribution in [0.4, 0.5) is 4.39 Å². The molecule has 150 valence electrons. The van der Waals surface area contributed by atoms with Crippen LogP contribution >= 0.6 is 0 Å². The van der Waals surface area contributed by atoms with Crippen LogP contribution < -0.4 is 4.74 Å². The van der Waals surface area contributed by atoms with Crippen LogP contribution in [0.5, 0.6) is 5.75 Å². The smallest absolute Gasteiger partial charge is 0.276 e. The number of benzene rings is 2. The quantitative estimate of drug-likeness (QED) is 0.606. The summed E-state index contributed by atoms with van der Waals surface area (Å²) in [5, 5.41) is 4.01. The molecule has 0 saturated carbocycles. The highest BCUT2D eigenvalue weighted by atomic mass is 19.1. The number of aryl methyl sites for hydroxylation is 1. The number of rotatable bonds is 5. The van der Waals surface area contributed by atoms with Crippen molar-refractivity contribution >= 4 is 5.91 Å². The zero-order chi connectivity index (χ0) is 20.2. The number of amides is 1. The summed E-state index contributed by atoms with van der Waals surface area (Å²) >= 11 is 0. The van der Waals surface area contributed by atoms with E-state index in [1.165, 1.54) is 6.07 Å². The van der Waals surface area contributed by atoms with E-state index in [-0.39, 0.29) is 30.0 Å². The molecule has 1 atom stereocenters. The molecule has 1 amide bonds. The van der Waals surface area contributed by atoms with Gasteiger partial charge in [0.25, 0.3) is 5.91 Å². The van der Waals surface area contributed by atoms with E-state index in [9.17, 15) is 9.18 Å². The Morgan fingerprint density at radius 2 is 1.93 bits per heavy atom. The van der Waals surface area contributed by atoms with E-state index in [4.69, 9.17) is 9.26 Å². The Labute approximate surface area is 169 Å². The van der Waals surface area contributed by atoms with Gasteiger partial charge >= 0.3 is 0 Å². The summed E-state index contributed by atoms with van der Waals surface area (Å²) in [5.74, 6) is 0.00165. The number of hydrogen-bond acceptors (Lipinski definition) is 4. The molecule has 1 aromatic heterocycles. The van der Waals surface area contributed by atoms with Crippen molar-refractivity contribution in [1.29, 1.82) is 0 Å². The van der Waals surface area contributed by atoms with Gasteiger partial charge < -0.3 is 14.2 Å². The molecule has 4 rings (SSSR count). The summed E-state index contributed by atoms with van der Waals surface area (Å²) in [4.78, 5) is 15.2. The molecule has 0 N–H and O–H groups in total. The summed E-state index contributed by atoms with van der Waals surface area (Å²) in [7, 11) is 0. The minimum Gasteiger partial charge on any atom is -0.486 e. The van der Waals surface area contributed by atoms with E-state index in [2.05, 4.69) is 5.16 Å². The molecule has 1 aliphatic heterocycles. The molecule has 1 saturated heterocycles. The average Bonchev–Trinajstić information content (AvgIpc) is 3.13. The van der Waals surface area contributed by atoms with E-state index in [1.807, 2.05) is 35.2 Å². The lowest BCUT2D eigenvalue weighted by Gasteiger charge is -2.35. The highest BCUT2D eigenvalue weighted by molar-refractivity contribution is 5.94. The second-order valence-corrected chi connectivity index (χ2v) is 7.21. The van der Waals surface area contributed by atoms with Crippen LogP contribution in [0.15, 0.2) is 59.1 Å². The number of carbonyl (C=O) groups excluding carboxylic acids is 1. The van der Waals surface area contributed by atoms with Gasteiger partial charge in [-0.1, -0.05) is 47.6 Å². The van der Waals surface area contributed by atoms with E-state index in [0.717, 1.165) is 24.8 Å². The summed E-state index contributed by atoms with van der Waals surface area (Å²) < 4.78 is 24.8. The Balaban J connectivity index is 1.58. The fourth-order valence-electron chi connectivity index (χ4n) is 3.77. The number of halogens is 1. The number of piperidine rings is 1. The van der Waals surface area contributed by atoms with E-state index < -0.39 is 5.82 Å². The predicted molar refractivity (Wildman–Crippen MR) is 106 cm³/mol.